The van der Waals surface area contributed by atoms with Crippen molar-refractivity contribution in [2.45, 2.75) is 38.1 Å². The number of nitrogens with one attached hydrogen (secondary N) is 1. The van der Waals surface area contributed by atoms with Crippen LogP contribution in [0.4, 0.5) is 0 Å². The lowest BCUT2D eigenvalue weighted by Crippen LogP contribution is -2.44. The zero-order valence-electron chi connectivity index (χ0n) is 16.9. The third-order valence-corrected chi connectivity index (χ3v) is 5.69. The second-order valence-corrected chi connectivity index (χ2v) is 7.81. The van der Waals surface area contributed by atoms with E-state index in [0.29, 0.717) is 6.04 Å². The molecule has 0 spiro atoms. The standard InChI is InChI=1S/C25H31N3/c1-20(2)25-11-7-6-10-22(25)12-15-27-24-13-16-28(17-14-24)19-23(18-26)21-8-4-3-5-9-21/h3-11,23-24,27H,1,12-17,19H2,2H3. The molecule has 1 fully saturated rings. The summed E-state index contributed by atoms with van der Waals surface area (Å²) < 4.78 is 0. The van der Waals surface area contributed by atoms with Crippen molar-refractivity contribution in [3.8, 4) is 6.07 Å². The van der Waals surface area contributed by atoms with Gasteiger partial charge in [-0.15, -0.1) is 0 Å². The van der Waals surface area contributed by atoms with E-state index in [9.17, 15) is 5.26 Å². The van der Waals surface area contributed by atoms with Crippen molar-refractivity contribution in [2.75, 3.05) is 26.2 Å². The van der Waals surface area contributed by atoms with Crippen molar-refractivity contribution in [2.24, 2.45) is 0 Å². The summed E-state index contributed by atoms with van der Waals surface area (Å²) in [4.78, 5) is 2.44. The highest BCUT2D eigenvalue weighted by Crippen LogP contribution is 2.20. The van der Waals surface area contributed by atoms with Crippen molar-refractivity contribution in [1.82, 2.24) is 10.2 Å². The molecule has 146 valence electrons. The molecular formula is C25H31N3. The van der Waals surface area contributed by atoms with E-state index in [0.717, 1.165) is 56.6 Å². The van der Waals surface area contributed by atoms with Gasteiger partial charge in [0.1, 0.15) is 0 Å². The van der Waals surface area contributed by atoms with Crippen LogP contribution in [0.2, 0.25) is 0 Å². The molecule has 1 aliphatic rings. The van der Waals surface area contributed by atoms with Gasteiger partial charge in [-0.1, -0.05) is 66.7 Å². The topological polar surface area (TPSA) is 39.1 Å². The van der Waals surface area contributed by atoms with Gasteiger partial charge in [-0.25, -0.2) is 0 Å². The fraction of sp³-hybridized carbons (Fsp3) is 0.400. The number of rotatable bonds is 8. The lowest BCUT2D eigenvalue weighted by Gasteiger charge is -2.33. The number of nitriles is 1. The van der Waals surface area contributed by atoms with Crippen molar-refractivity contribution in [1.29, 1.82) is 5.26 Å². The first kappa shape index (κ1) is 20.3. The number of allylic oxidation sites excluding steroid dienone is 1. The monoisotopic (exact) mass is 373 g/mol. The van der Waals surface area contributed by atoms with Gasteiger partial charge in [0, 0.05) is 12.6 Å². The summed E-state index contributed by atoms with van der Waals surface area (Å²) in [6.07, 6.45) is 3.33. The molecule has 0 aliphatic carbocycles. The summed E-state index contributed by atoms with van der Waals surface area (Å²) in [6, 6.07) is 21.8. The second-order valence-electron chi connectivity index (χ2n) is 7.81. The Morgan fingerprint density at radius 3 is 2.50 bits per heavy atom. The van der Waals surface area contributed by atoms with Crippen molar-refractivity contribution < 1.29 is 0 Å². The molecule has 2 aromatic carbocycles. The summed E-state index contributed by atoms with van der Waals surface area (Å²) >= 11 is 0. The van der Waals surface area contributed by atoms with Gasteiger partial charge in [0.05, 0.1) is 12.0 Å². The van der Waals surface area contributed by atoms with Gasteiger partial charge >= 0.3 is 0 Å². The fourth-order valence-corrected chi connectivity index (χ4v) is 4.05. The van der Waals surface area contributed by atoms with Crippen LogP contribution in [0, 0.1) is 11.3 Å². The Kier molecular flexibility index (Phi) is 7.42. The molecule has 3 rings (SSSR count). The van der Waals surface area contributed by atoms with Crippen LogP contribution >= 0.6 is 0 Å². The van der Waals surface area contributed by atoms with Crippen molar-refractivity contribution >= 4 is 5.57 Å². The Morgan fingerprint density at radius 1 is 1.14 bits per heavy atom. The quantitative estimate of drug-likeness (QED) is 0.734. The van der Waals surface area contributed by atoms with Crippen LogP contribution in [-0.4, -0.2) is 37.1 Å². The Morgan fingerprint density at radius 2 is 1.82 bits per heavy atom. The summed E-state index contributed by atoms with van der Waals surface area (Å²) in [5.41, 5.74) is 4.91. The molecule has 0 radical (unpaired) electrons. The van der Waals surface area contributed by atoms with Crippen LogP contribution in [-0.2, 0) is 6.42 Å². The van der Waals surface area contributed by atoms with Crippen LogP contribution in [0.25, 0.3) is 5.57 Å². The molecular weight excluding hydrogens is 342 g/mol. The first-order valence-electron chi connectivity index (χ1n) is 10.3. The zero-order chi connectivity index (χ0) is 19.8. The molecule has 28 heavy (non-hydrogen) atoms. The minimum Gasteiger partial charge on any atom is -0.314 e. The summed E-state index contributed by atoms with van der Waals surface area (Å²) in [7, 11) is 0. The molecule has 3 heteroatoms. The summed E-state index contributed by atoms with van der Waals surface area (Å²) in [5.74, 6) is -0.0376. The highest BCUT2D eigenvalue weighted by atomic mass is 15.1. The number of nitrogens with zero attached hydrogens (tertiary/aromatic N) is 2. The van der Waals surface area contributed by atoms with Gasteiger partial charge in [-0.2, -0.15) is 5.26 Å². The van der Waals surface area contributed by atoms with Crippen molar-refractivity contribution in [3.63, 3.8) is 0 Å². The minimum absolute atomic E-state index is 0.0376. The van der Waals surface area contributed by atoms with Crippen molar-refractivity contribution in [3.05, 3.63) is 77.9 Å². The van der Waals surface area contributed by atoms with E-state index in [1.807, 2.05) is 18.2 Å². The predicted molar refractivity (Wildman–Crippen MR) is 117 cm³/mol. The van der Waals surface area contributed by atoms with E-state index in [2.05, 4.69) is 66.2 Å². The molecule has 3 nitrogen and oxygen atoms in total. The Hall–Kier alpha value is -2.41. The second kappa shape index (κ2) is 10.2. The molecule has 1 aliphatic heterocycles. The maximum absolute atomic E-state index is 9.55. The van der Waals surface area contributed by atoms with Gasteiger partial charge in [0.25, 0.3) is 0 Å². The highest BCUT2D eigenvalue weighted by Gasteiger charge is 2.22. The molecule has 1 heterocycles. The smallest absolute Gasteiger partial charge is 0.0839 e. The molecule has 0 aromatic heterocycles. The number of likely N-dealkylation sites (tertiary alicyclic amines) is 1. The van der Waals surface area contributed by atoms with Crippen LogP contribution in [0.5, 0.6) is 0 Å². The van der Waals surface area contributed by atoms with E-state index in [4.69, 9.17) is 0 Å². The summed E-state index contributed by atoms with van der Waals surface area (Å²) in [6.45, 7) is 10.1. The van der Waals surface area contributed by atoms with E-state index in [-0.39, 0.29) is 5.92 Å². The molecule has 0 amide bonds. The van der Waals surface area contributed by atoms with Crippen LogP contribution in [0.1, 0.15) is 42.4 Å². The third kappa shape index (κ3) is 5.55. The maximum Gasteiger partial charge on any atom is 0.0839 e. The lowest BCUT2D eigenvalue weighted by atomic mass is 9.97. The van der Waals surface area contributed by atoms with Crippen LogP contribution < -0.4 is 5.32 Å². The van der Waals surface area contributed by atoms with Crippen LogP contribution in [0.15, 0.2) is 61.2 Å². The molecule has 1 unspecified atom stereocenters. The largest absolute Gasteiger partial charge is 0.314 e. The lowest BCUT2D eigenvalue weighted by molar-refractivity contribution is 0.195. The van der Waals surface area contributed by atoms with E-state index < -0.39 is 0 Å². The number of benzene rings is 2. The van der Waals surface area contributed by atoms with Gasteiger partial charge in [-0.3, -0.25) is 0 Å². The summed E-state index contributed by atoms with van der Waals surface area (Å²) in [5, 5.41) is 13.3. The average molecular weight is 374 g/mol. The minimum atomic E-state index is -0.0376. The zero-order valence-corrected chi connectivity index (χ0v) is 16.9. The van der Waals surface area contributed by atoms with E-state index in [1.54, 1.807) is 0 Å². The first-order valence-corrected chi connectivity index (χ1v) is 10.3. The molecule has 1 saturated heterocycles. The van der Waals surface area contributed by atoms with Crippen LogP contribution in [0.3, 0.4) is 0 Å². The molecule has 1 N–H and O–H groups in total. The highest BCUT2D eigenvalue weighted by molar-refractivity contribution is 5.64. The van der Waals surface area contributed by atoms with E-state index in [1.165, 1.54) is 11.1 Å². The Bertz CT molecular complexity index is 798. The predicted octanol–water partition coefficient (Wildman–Crippen LogP) is 4.62. The molecule has 1 atom stereocenters. The maximum atomic E-state index is 9.55. The van der Waals surface area contributed by atoms with Gasteiger partial charge < -0.3 is 10.2 Å². The van der Waals surface area contributed by atoms with E-state index >= 15 is 0 Å². The normalized spacial score (nSPS) is 16.4. The number of hydrogen-bond donors (Lipinski definition) is 1. The van der Waals surface area contributed by atoms with Gasteiger partial charge in [-0.05, 0) is 62.5 Å². The Balaban J connectivity index is 1.42. The molecule has 0 bridgehead atoms. The Labute approximate surface area is 169 Å². The first-order chi connectivity index (χ1) is 13.7. The SMILES string of the molecule is C=C(C)c1ccccc1CCNC1CCN(CC(C#N)c2ccccc2)CC1. The van der Waals surface area contributed by atoms with Gasteiger partial charge in [0.2, 0.25) is 0 Å². The third-order valence-electron chi connectivity index (χ3n) is 5.69. The molecule has 2 aromatic rings. The number of piperidine rings is 1. The fourth-order valence-electron chi connectivity index (χ4n) is 4.05. The molecule has 0 saturated carbocycles. The van der Waals surface area contributed by atoms with Gasteiger partial charge in [0.15, 0.2) is 0 Å². The average Bonchev–Trinajstić information content (AvgIpc) is 2.74. The number of hydrogen-bond acceptors (Lipinski definition) is 3.